The van der Waals surface area contributed by atoms with Crippen LogP contribution < -0.4 is 15.2 Å². The summed E-state index contributed by atoms with van der Waals surface area (Å²) in [7, 11) is 3.36. The van der Waals surface area contributed by atoms with E-state index in [9.17, 15) is 0 Å². The molecule has 0 aromatic heterocycles. The molecule has 3 heteroatoms. The topological polar surface area (TPSA) is 44.5 Å². The van der Waals surface area contributed by atoms with Gasteiger partial charge in [-0.1, -0.05) is 20.3 Å². The molecule has 0 saturated heterocycles. The van der Waals surface area contributed by atoms with E-state index in [-0.39, 0.29) is 5.41 Å². The van der Waals surface area contributed by atoms with Gasteiger partial charge in [0.2, 0.25) is 0 Å². The molecule has 2 N–H and O–H groups in total. The number of methoxy groups -OCH3 is 2. The van der Waals surface area contributed by atoms with Crippen LogP contribution in [0.2, 0.25) is 0 Å². The van der Waals surface area contributed by atoms with Crippen LogP contribution >= 0.6 is 0 Å². The second-order valence-electron chi connectivity index (χ2n) is 4.58. The molecule has 3 nitrogen and oxygen atoms in total. The van der Waals surface area contributed by atoms with Crippen molar-refractivity contribution >= 4 is 0 Å². The molecule has 0 fully saturated rings. The third-order valence-corrected chi connectivity index (χ3v) is 3.31. The van der Waals surface area contributed by atoms with Crippen molar-refractivity contribution in [1.29, 1.82) is 0 Å². The fourth-order valence-corrected chi connectivity index (χ4v) is 2.18. The standard InChI is InChI=1S/C14H23NO2/c1-5-8-14(2,10-15)12-9-11(16-3)6-7-13(12)17-4/h6-7,9H,5,8,10,15H2,1-4H3. The molecule has 0 bridgehead atoms. The third-order valence-electron chi connectivity index (χ3n) is 3.31. The summed E-state index contributed by atoms with van der Waals surface area (Å²) >= 11 is 0. The molecule has 17 heavy (non-hydrogen) atoms. The van der Waals surface area contributed by atoms with Crippen LogP contribution in [-0.4, -0.2) is 20.8 Å². The largest absolute Gasteiger partial charge is 0.497 e. The molecular weight excluding hydrogens is 214 g/mol. The molecule has 0 saturated carbocycles. The molecular formula is C14H23NO2. The molecule has 1 aromatic carbocycles. The lowest BCUT2D eigenvalue weighted by Gasteiger charge is -2.30. The Morgan fingerprint density at radius 3 is 2.41 bits per heavy atom. The zero-order valence-corrected chi connectivity index (χ0v) is 11.2. The minimum atomic E-state index is -0.0609. The molecule has 1 rings (SSSR count). The molecule has 1 aromatic rings. The summed E-state index contributed by atoms with van der Waals surface area (Å²) in [6.07, 6.45) is 2.13. The molecule has 0 radical (unpaired) electrons. The lowest BCUT2D eigenvalue weighted by Crippen LogP contribution is -2.32. The van der Waals surface area contributed by atoms with E-state index < -0.39 is 0 Å². The van der Waals surface area contributed by atoms with Gasteiger partial charge in [0.05, 0.1) is 14.2 Å². The Balaban J connectivity index is 3.24. The Morgan fingerprint density at radius 2 is 1.94 bits per heavy atom. The van der Waals surface area contributed by atoms with Gasteiger partial charge in [0, 0.05) is 17.5 Å². The number of ether oxygens (including phenoxy) is 2. The Kier molecular flexibility index (Phi) is 4.82. The van der Waals surface area contributed by atoms with Crippen LogP contribution in [0.3, 0.4) is 0 Å². The van der Waals surface area contributed by atoms with Gasteiger partial charge in [0.15, 0.2) is 0 Å². The summed E-state index contributed by atoms with van der Waals surface area (Å²) in [5.41, 5.74) is 7.01. The van der Waals surface area contributed by atoms with Gasteiger partial charge >= 0.3 is 0 Å². The van der Waals surface area contributed by atoms with E-state index >= 15 is 0 Å². The predicted molar refractivity (Wildman–Crippen MR) is 70.9 cm³/mol. The van der Waals surface area contributed by atoms with Gasteiger partial charge in [-0.25, -0.2) is 0 Å². The van der Waals surface area contributed by atoms with Crippen molar-refractivity contribution in [2.75, 3.05) is 20.8 Å². The Morgan fingerprint density at radius 1 is 1.24 bits per heavy atom. The van der Waals surface area contributed by atoms with Crippen molar-refractivity contribution in [1.82, 2.24) is 0 Å². The quantitative estimate of drug-likeness (QED) is 0.827. The van der Waals surface area contributed by atoms with Crippen LogP contribution in [0.4, 0.5) is 0 Å². The zero-order chi connectivity index (χ0) is 12.9. The van der Waals surface area contributed by atoms with Crippen molar-refractivity contribution in [3.8, 4) is 11.5 Å². The fraction of sp³-hybridized carbons (Fsp3) is 0.571. The fourth-order valence-electron chi connectivity index (χ4n) is 2.18. The highest BCUT2D eigenvalue weighted by atomic mass is 16.5. The van der Waals surface area contributed by atoms with Gasteiger partial charge in [0.1, 0.15) is 11.5 Å². The van der Waals surface area contributed by atoms with Crippen molar-refractivity contribution in [2.45, 2.75) is 32.1 Å². The summed E-state index contributed by atoms with van der Waals surface area (Å²) in [5.74, 6) is 1.73. The molecule has 0 aliphatic heterocycles. The first-order valence-corrected chi connectivity index (χ1v) is 6.04. The normalized spacial score (nSPS) is 14.2. The van der Waals surface area contributed by atoms with E-state index in [1.165, 1.54) is 0 Å². The number of benzene rings is 1. The highest BCUT2D eigenvalue weighted by Crippen LogP contribution is 2.37. The second kappa shape index (κ2) is 5.92. The monoisotopic (exact) mass is 237 g/mol. The van der Waals surface area contributed by atoms with Gasteiger partial charge in [-0.2, -0.15) is 0 Å². The summed E-state index contributed by atoms with van der Waals surface area (Å²) < 4.78 is 10.7. The van der Waals surface area contributed by atoms with Crippen LogP contribution in [0.25, 0.3) is 0 Å². The minimum absolute atomic E-state index is 0.0609. The summed E-state index contributed by atoms with van der Waals surface area (Å²) in [6.45, 7) is 4.94. The first-order valence-electron chi connectivity index (χ1n) is 6.04. The van der Waals surface area contributed by atoms with Crippen molar-refractivity contribution < 1.29 is 9.47 Å². The van der Waals surface area contributed by atoms with E-state index in [4.69, 9.17) is 15.2 Å². The Hall–Kier alpha value is -1.22. The van der Waals surface area contributed by atoms with Gasteiger partial charge in [-0.05, 0) is 24.6 Å². The van der Waals surface area contributed by atoms with E-state index in [1.54, 1.807) is 14.2 Å². The van der Waals surface area contributed by atoms with Crippen molar-refractivity contribution in [3.63, 3.8) is 0 Å². The number of hydrogen-bond donors (Lipinski definition) is 1. The second-order valence-corrected chi connectivity index (χ2v) is 4.58. The highest BCUT2D eigenvalue weighted by molar-refractivity contribution is 5.45. The molecule has 1 unspecified atom stereocenters. The van der Waals surface area contributed by atoms with E-state index in [0.29, 0.717) is 6.54 Å². The molecule has 96 valence electrons. The van der Waals surface area contributed by atoms with Crippen LogP contribution in [0.15, 0.2) is 18.2 Å². The maximum atomic E-state index is 5.94. The first kappa shape index (κ1) is 13.8. The molecule has 0 heterocycles. The molecule has 0 amide bonds. The van der Waals surface area contributed by atoms with E-state index in [1.807, 2.05) is 18.2 Å². The average Bonchev–Trinajstić information content (AvgIpc) is 2.38. The van der Waals surface area contributed by atoms with Gasteiger partial charge in [-0.3, -0.25) is 0 Å². The maximum Gasteiger partial charge on any atom is 0.122 e. The van der Waals surface area contributed by atoms with Crippen LogP contribution in [0.5, 0.6) is 11.5 Å². The molecule has 1 atom stereocenters. The van der Waals surface area contributed by atoms with Gasteiger partial charge in [-0.15, -0.1) is 0 Å². The summed E-state index contributed by atoms with van der Waals surface area (Å²) in [6, 6.07) is 5.88. The smallest absolute Gasteiger partial charge is 0.122 e. The zero-order valence-electron chi connectivity index (χ0n) is 11.2. The molecule has 0 aliphatic carbocycles. The van der Waals surface area contributed by atoms with Crippen molar-refractivity contribution in [3.05, 3.63) is 23.8 Å². The molecule has 0 spiro atoms. The van der Waals surface area contributed by atoms with E-state index in [2.05, 4.69) is 13.8 Å². The van der Waals surface area contributed by atoms with Gasteiger partial charge < -0.3 is 15.2 Å². The number of nitrogens with two attached hydrogens (primary N) is 1. The SMILES string of the molecule is CCCC(C)(CN)c1cc(OC)ccc1OC. The Bertz CT molecular complexity index is 365. The first-order chi connectivity index (χ1) is 8.11. The lowest BCUT2D eigenvalue weighted by atomic mass is 9.78. The molecule has 0 aliphatic rings. The average molecular weight is 237 g/mol. The summed E-state index contributed by atoms with van der Waals surface area (Å²) in [4.78, 5) is 0. The van der Waals surface area contributed by atoms with Crippen LogP contribution in [0.1, 0.15) is 32.3 Å². The van der Waals surface area contributed by atoms with Crippen LogP contribution in [-0.2, 0) is 5.41 Å². The lowest BCUT2D eigenvalue weighted by molar-refractivity contribution is 0.368. The third kappa shape index (κ3) is 2.91. The van der Waals surface area contributed by atoms with Crippen molar-refractivity contribution in [2.24, 2.45) is 5.73 Å². The summed E-state index contributed by atoms with van der Waals surface area (Å²) in [5, 5.41) is 0. The van der Waals surface area contributed by atoms with Crippen LogP contribution in [0, 0.1) is 0 Å². The van der Waals surface area contributed by atoms with E-state index in [0.717, 1.165) is 29.9 Å². The maximum absolute atomic E-state index is 5.94. The predicted octanol–water partition coefficient (Wildman–Crippen LogP) is 2.72. The Labute approximate surface area is 104 Å². The van der Waals surface area contributed by atoms with Gasteiger partial charge in [0.25, 0.3) is 0 Å². The minimum Gasteiger partial charge on any atom is -0.497 e. The number of hydrogen-bond acceptors (Lipinski definition) is 3. The highest BCUT2D eigenvalue weighted by Gasteiger charge is 2.27. The number of rotatable bonds is 6.